The Balaban J connectivity index is 0.000000152. The number of ketones is 2. The maximum absolute atomic E-state index is 13.0. The molecule has 6 atom stereocenters. The van der Waals surface area contributed by atoms with Gasteiger partial charge in [-0.25, -0.2) is 38.3 Å². The highest BCUT2D eigenvalue weighted by Crippen LogP contribution is 2.39. The Kier molecular flexibility index (Phi) is 40.9. The molecule has 15 aromatic rings. The summed E-state index contributed by atoms with van der Waals surface area (Å²) in [4.78, 5) is 47.1. The Labute approximate surface area is 843 Å². The number of sulfone groups is 1. The van der Waals surface area contributed by atoms with Gasteiger partial charge in [0.1, 0.15) is 32.5 Å². The van der Waals surface area contributed by atoms with E-state index in [0.717, 1.165) is 62.4 Å². The summed E-state index contributed by atoms with van der Waals surface area (Å²) in [6.07, 6.45) is 8.37. The zero-order valence-electron chi connectivity index (χ0n) is 72.2. The maximum Gasteiger partial charge on any atom is 0.257 e. The highest BCUT2D eigenvalue weighted by atomic mass is 79.9. The van der Waals surface area contributed by atoms with Gasteiger partial charge in [-0.15, -0.1) is 0 Å². The zero-order valence-corrected chi connectivity index (χ0v) is 83.2. The summed E-state index contributed by atoms with van der Waals surface area (Å²) in [6, 6.07) is 93.4. The Morgan fingerprint density at radius 3 is 1.38 bits per heavy atom. The number of aryl methyl sites for hydroxylation is 1. The van der Waals surface area contributed by atoms with Gasteiger partial charge in [0, 0.05) is 83.7 Å². The lowest BCUT2D eigenvalue weighted by atomic mass is 9.89. The Morgan fingerprint density at radius 2 is 0.904 bits per heavy atom. The molecule has 0 fully saturated rings. The third-order valence-corrected chi connectivity index (χ3v) is 24.8. The van der Waals surface area contributed by atoms with Crippen LogP contribution < -0.4 is 49.4 Å². The number of nitrogens with zero attached hydrogens (tertiary/aromatic N) is 8. The molecule has 136 heavy (non-hydrogen) atoms. The van der Waals surface area contributed by atoms with Crippen LogP contribution in [-0.2, 0) is 9.84 Å². The second kappa shape index (κ2) is 53.6. The number of aliphatic hydroxyl groups excluding tert-OH is 1. The fourth-order valence-corrected chi connectivity index (χ4v) is 16.8. The van der Waals surface area contributed by atoms with Crippen molar-refractivity contribution in [3.8, 4) is 58.2 Å². The van der Waals surface area contributed by atoms with E-state index in [0.29, 0.717) is 98.3 Å². The first-order valence-corrected chi connectivity index (χ1v) is 48.4. The van der Waals surface area contributed by atoms with Crippen LogP contribution in [0.1, 0.15) is 107 Å². The number of pyridine rings is 6. The molecule has 696 valence electrons. The number of carbonyl (C=O) groups excluding carboxylic acids is 2. The van der Waals surface area contributed by atoms with E-state index in [1.807, 2.05) is 207 Å². The van der Waals surface area contributed by atoms with E-state index in [1.54, 1.807) is 128 Å². The SMILES string of the molecule is Brc1cccc([C@@H]2COc3cccnc3O2)c1.Cc1ccc(S(=O)(=O)C[C@@H](c2ccccc2)[C@@H](N)c2ccccc2)cc1.N#Cc1cccc([C@@H]2COc3cccnc3O2)c1.N/C(=N\O)c1cccc([C@@H]2COc3cccnc3O2)c1.O=C(CBr)c1cccc(Br)c1.O=C(COc1cccnc1Cl)c1cccc(Br)c1.O[C@@H](COc1cccnc1Cl)c1cccc(Br)c1.Oc1cccnc1Cl. The van der Waals surface area contributed by atoms with E-state index in [9.17, 15) is 23.1 Å². The van der Waals surface area contributed by atoms with Crippen molar-refractivity contribution in [1.29, 1.82) is 5.26 Å². The quantitative estimate of drug-likeness (QED) is 0.00900. The molecule has 0 amide bonds. The van der Waals surface area contributed by atoms with E-state index in [1.165, 1.54) is 12.3 Å². The minimum atomic E-state index is -3.46. The molecule has 3 aliphatic heterocycles. The monoisotopic (exact) mass is 2220 g/mol. The van der Waals surface area contributed by atoms with Crippen LogP contribution in [0, 0.1) is 18.3 Å². The number of hydrogen-bond donors (Lipinski definition) is 5. The highest BCUT2D eigenvalue weighted by molar-refractivity contribution is 9.11. The summed E-state index contributed by atoms with van der Waals surface area (Å²) < 4.78 is 74.8. The van der Waals surface area contributed by atoms with Gasteiger partial charge >= 0.3 is 0 Å². The Morgan fingerprint density at radius 1 is 0.485 bits per heavy atom. The molecule has 0 unspecified atom stereocenters. The molecule has 3 aliphatic rings. The highest BCUT2D eigenvalue weighted by Gasteiger charge is 2.31. The first-order chi connectivity index (χ1) is 65.8. The zero-order chi connectivity index (χ0) is 96.7. The van der Waals surface area contributed by atoms with Crippen molar-refractivity contribution >= 4 is 142 Å². The molecule has 34 heteroatoms. The van der Waals surface area contributed by atoms with Gasteiger partial charge in [-0.3, -0.25) is 9.59 Å². The Bertz CT molecular complexity index is 6620. The fourth-order valence-electron chi connectivity index (χ4n) is 12.7. The number of amidine groups is 1. The predicted octanol–water partition coefficient (Wildman–Crippen LogP) is 23.6. The van der Waals surface area contributed by atoms with Crippen molar-refractivity contribution in [1.82, 2.24) is 29.9 Å². The van der Waals surface area contributed by atoms with E-state index >= 15 is 0 Å². The third kappa shape index (κ3) is 32.3. The number of nitriles is 1. The number of rotatable bonds is 20. The largest absolute Gasteiger partial charge is 0.505 e. The van der Waals surface area contributed by atoms with Crippen molar-refractivity contribution in [2.45, 2.75) is 48.2 Å². The molecule has 7 N–H and O–H groups in total. The second-order valence-electron chi connectivity index (χ2n) is 29.2. The topological polar surface area (TPSA) is 368 Å². The van der Waals surface area contributed by atoms with E-state index in [4.69, 9.17) is 99.7 Å². The third-order valence-electron chi connectivity index (χ3n) is 19.6. The lowest BCUT2D eigenvalue weighted by Gasteiger charge is -2.25. The van der Waals surface area contributed by atoms with Gasteiger partial charge in [-0.1, -0.05) is 277 Å². The molecular formula is C102H86Br5Cl3N10O15S. The average Bonchev–Trinajstić information content (AvgIpc) is 0.807. The molecule has 0 aliphatic carbocycles. The van der Waals surface area contributed by atoms with E-state index in [2.05, 4.69) is 121 Å². The molecule has 9 heterocycles. The second-order valence-corrected chi connectivity index (χ2v) is 36.5. The molecule has 0 saturated heterocycles. The number of halogens is 8. The summed E-state index contributed by atoms with van der Waals surface area (Å²) in [7, 11) is -3.46. The number of alkyl halides is 1. The first-order valence-electron chi connectivity index (χ1n) is 41.4. The summed E-state index contributed by atoms with van der Waals surface area (Å²) in [5, 5.41) is 40.4. The minimum Gasteiger partial charge on any atom is -0.505 e. The maximum atomic E-state index is 13.0. The average molecular weight is 2230 g/mol. The van der Waals surface area contributed by atoms with E-state index < -0.39 is 22.0 Å². The molecular weight excluding hydrogens is 2140 g/mol. The molecule has 6 aromatic heterocycles. The normalized spacial score (nSPS) is 14.0. The van der Waals surface area contributed by atoms with Crippen molar-refractivity contribution in [3.05, 3.63) is 435 Å². The summed E-state index contributed by atoms with van der Waals surface area (Å²) in [5.74, 6) is 4.10. The number of carbonyl (C=O) groups is 2. The molecule has 18 rings (SSSR count). The van der Waals surface area contributed by atoms with E-state index in [-0.39, 0.29) is 76.7 Å². The van der Waals surface area contributed by atoms with Crippen molar-refractivity contribution in [3.63, 3.8) is 0 Å². The lowest BCUT2D eigenvalue weighted by Crippen LogP contribution is -2.26. The molecule has 9 aromatic carbocycles. The van der Waals surface area contributed by atoms with Crippen LogP contribution in [0.2, 0.25) is 15.5 Å². The fraction of sp³-hybridized carbons (Fsp3) is 0.137. The summed E-state index contributed by atoms with van der Waals surface area (Å²) in [5.41, 5.74) is 21.2. The summed E-state index contributed by atoms with van der Waals surface area (Å²) >= 11 is 33.5. The van der Waals surface area contributed by atoms with Crippen LogP contribution in [0.3, 0.4) is 0 Å². The molecule has 0 radical (unpaired) electrons. The van der Waals surface area contributed by atoms with Gasteiger partial charge in [-0.2, -0.15) is 5.26 Å². The molecule has 0 bridgehead atoms. The van der Waals surface area contributed by atoms with Crippen molar-refractivity contribution in [2.75, 3.05) is 44.1 Å². The lowest BCUT2D eigenvalue weighted by molar-refractivity contribution is 0.0850. The summed E-state index contributed by atoms with van der Waals surface area (Å²) in [6.45, 7) is 3.32. The van der Waals surface area contributed by atoms with Crippen LogP contribution in [0.4, 0.5) is 0 Å². The number of ether oxygens (including phenoxy) is 8. The predicted molar refractivity (Wildman–Crippen MR) is 540 cm³/mol. The Hall–Kier alpha value is -12.7. The van der Waals surface area contributed by atoms with Gasteiger partial charge in [-0.05, 0) is 192 Å². The number of nitrogens with two attached hydrogens (primary N) is 2. The molecule has 25 nitrogen and oxygen atoms in total. The van der Waals surface area contributed by atoms with Crippen LogP contribution >= 0.6 is 114 Å². The smallest absolute Gasteiger partial charge is 0.257 e. The number of hydrogen-bond acceptors (Lipinski definition) is 24. The van der Waals surface area contributed by atoms with Gasteiger partial charge in [0.15, 0.2) is 102 Å². The van der Waals surface area contributed by atoms with Gasteiger partial charge in [0.25, 0.3) is 17.6 Å². The molecule has 0 saturated carbocycles. The number of aliphatic hydroxyl groups is 1. The number of oxime groups is 1. The van der Waals surface area contributed by atoms with Crippen LogP contribution in [-0.4, -0.2) is 115 Å². The number of aromatic hydroxyl groups is 1. The van der Waals surface area contributed by atoms with Gasteiger partial charge in [0.2, 0.25) is 0 Å². The van der Waals surface area contributed by atoms with Crippen LogP contribution in [0.5, 0.6) is 52.1 Å². The van der Waals surface area contributed by atoms with Crippen molar-refractivity contribution in [2.24, 2.45) is 16.6 Å². The number of Topliss-reactive ketones (excluding diaryl/α,β-unsaturated/α-hetero) is 2. The number of benzene rings is 9. The number of fused-ring (bicyclic) bond motifs is 3. The van der Waals surface area contributed by atoms with Gasteiger partial charge < -0.3 is 64.8 Å². The minimum absolute atomic E-state index is 0.0224. The van der Waals surface area contributed by atoms with Crippen LogP contribution in [0.25, 0.3) is 0 Å². The van der Waals surface area contributed by atoms with Crippen molar-refractivity contribution < 1.29 is 71.3 Å². The standard InChI is InChI=1S/C22H23NO2S.C14H13N3O3.C14H10N2O2.C13H11BrClNO2.C13H9BrClNO2.C13H10BrNO2.C8H6Br2O.C5H4ClNO/c1-17-12-14-20(15-13-17)26(24,25)16-21(18-8-4-2-5-9-18)22(23)19-10-6-3-7-11-19;15-13(17-18)10-4-1-3-9(7-10)12-8-19-11-5-2-6-16-14(11)20-12;15-8-10-3-1-4-11(7-10)13-9-17-12-5-2-6-16-14(12)18-13;2*14-10-4-1-3-9(7-10)11(17)8-18-12-5-2-6-16-13(12)15;14-10-4-1-3-9(7-10)12-8-16-11-5-2-6-15-13(11)17-12;9-5-8(11)6-2-1-3-7(10)4-6;6-5-4(8)2-1-3-7-5/h2-15,21-22H,16,23H2,1H3;1-7,12,18H,8H2,(H2,15,17);1-7,13H,9H2;1-7,11,17H,8H2;1-7H,8H2;1-7,12H,8H2;1-4H,5H2;1-3,8H/t21-,22-;12-;13-;11-;;12-;;/m0000.0../s1. The molecule has 0 spiro atoms. The first kappa shape index (κ1) is 104. The van der Waals surface area contributed by atoms with Crippen LogP contribution in [0.15, 0.2) is 368 Å². The van der Waals surface area contributed by atoms with Gasteiger partial charge in [0.05, 0.1) is 27.6 Å². The number of aromatic nitrogens is 6.